The molecular weight excluding hydrogens is 300 g/mol. The summed E-state index contributed by atoms with van der Waals surface area (Å²) in [4.78, 5) is 25.0. The molecule has 116 valence electrons. The Balaban J connectivity index is 1.81. The zero-order valence-corrected chi connectivity index (χ0v) is 12.8. The molecule has 1 amide bonds. The summed E-state index contributed by atoms with van der Waals surface area (Å²) < 4.78 is 0. The van der Waals surface area contributed by atoms with E-state index in [0.29, 0.717) is 6.54 Å². The molecule has 1 aliphatic rings. The quantitative estimate of drug-likeness (QED) is 0.567. The van der Waals surface area contributed by atoms with Crippen molar-refractivity contribution in [2.45, 2.75) is 6.42 Å². The van der Waals surface area contributed by atoms with Crippen molar-refractivity contribution >= 4 is 27.8 Å². The van der Waals surface area contributed by atoms with E-state index >= 15 is 0 Å². The summed E-state index contributed by atoms with van der Waals surface area (Å²) in [7, 11) is 0. The highest BCUT2D eigenvalue weighted by atomic mass is 16.1. The minimum atomic E-state index is -0.0190. The number of carbonyl (C=O) groups excluding carboxylic acids is 1. The molecule has 5 rings (SSSR count). The Labute approximate surface area is 137 Å². The lowest BCUT2D eigenvalue weighted by atomic mass is 10.0. The van der Waals surface area contributed by atoms with Crippen molar-refractivity contribution in [3.05, 3.63) is 59.8 Å². The number of aromatic nitrogens is 3. The third kappa shape index (κ3) is 1.84. The van der Waals surface area contributed by atoms with Crippen LogP contribution in [0, 0.1) is 0 Å². The van der Waals surface area contributed by atoms with Crippen molar-refractivity contribution in [2.75, 3.05) is 6.54 Å². The average molecular weight is 314 g/mol. The largest absolute Gasteiger partial charge is 0.353 e. The van der Waals surface area contributed by atoms with Gasteiger partial charge < -0.3 is 10.3 Å². The molecule has 0 atom stereocenters. The Morgan fingerprint density at radius 1 is 1.00 bits per heavy atom. The number of nitrogens with one attached hydrogen (secondary N) is 2. The van der Waals surface area contributed by atoms with Crippen LogP contribution in [0.3, 0.4) is 0 Å². The smallest absolute Gasteiger partial charge is 0.251 e. The van der Waals surface area contributed by atoms with Gasteiger partial charge in [-0.05, 0) is 36.2 Å². The molecule has 0 fully saturated rings. The van der Waals surface area contributed by atoms with E-state index in [4.69, 9.17) is 4.98 Å². The van der Waals surface area contributed by atoms with Gasteiger partial charge in [-0.3, -0.25) is 9.78 Å². The van der Waals surface area contributed by atoms with Crippen LogP contribution in [0.15, 0.2) is 48.7 Å². The van der Waals surface area contributed by atoms with Crippen LogP contribution < -0.4 is 5.32 Å². The number of para-hydroxylation sites is 2. The van der Waals surface area contributed by atoms with Crippen LogP contribution in [-0.2, 0) is 6.42 Å². The highest BCUT2D eigenvalue weighted by molar-refractivity contribution is 6.10. The van der Waals surface area contributed by atoms with Gasteiger partial charge in [0.05, 0.1) is 22.9 Å². The molecule has 0 unspecified atom stereocenters. The van der Waals surface area contributed by atoms with E-state index in [1.54, 1.807) is 6.20 Å². The first-order valence-corrected chi connectivity index (χ1v) is 7.95. The summed E-state index contributed by atoms with van der Waals surface area (Å²) in [5, 5.41) is 3.95. The Morgan fingerprint density at radius 2 is 1.88 bits per heavy atom. The van der Waals surface area contributed by atoms with Gasteiger partial charge in [-0.25, -0.2) is 4.98 Å². The van der Waals surface area contributed by atoms with E-state index in [9.17, 15) is 4.79 Å². The molecule has 5 heteroatoms. The number of carbonyl (C=O) groups is 1. The minimum absolute atomic E-state index is 0.0190. The van der Waals surface area contributed by atoms with Crippen molar-refractivity contribution in [1.82, 2.24) is 20.3 Å². The van der Waals surface area contributed by atoms with Crippen LogP contribution in [0.4, 0.5) is 0 Å². The molecule has 2 N–H and O–H groups in total. The lowest BCUT2D eigenvalue weighted by Gasteiger charge is -2.04. The van der Waals surface area contributed by atoms with Crippen LogP contribution in [0.1, 0.15) is 15.9 Å². The van der Waals surface area contributed by atoms with E-state index < -0.39 is 0 Å². The Kier molecular flexibility index (Phi) is 2.70. The maximum Gasteiger partial charge on any atom is 0.251 e. The summed E-state index contributed by atoms with van der Waals surface area (Å²) in [6, 6.07) is 13.6. The maximum atomic E-state index is 12.3. The van der Waals surface area contributed by atoms with Crippen LogP contribution in [0.5, 0.6) is 0 Å². The van der Waals surface area contributed by atoms with E-state index in [1.807, 2.05) is 42.5 Å². The predicted molar refractivity (Wildman–Crippen MR) is 92.9 cm³/mol. The second-order valence-corrected chi connectivity index (χ2v) is 5.96. The number of fused-ring (bicyclic) bond motifs is 1. The molecule has 0 radical (unpaired) electrons. The molecule has 0 bridgehead atoms. The summed E-state index contributed by atoms with van der Waals surface area (Å²) in [5.74, 6) is -0.0190. The van der Waals surface area contributed by atoms with Crippen LogP contribution in [-0.4, -0.2) is 27.4 Å². The minimum Gasteiger partial charge on any atom is -0.353 e. The van der Waals surface area contributed by atoms with E-state index in [-0.39, 0.29) is 5.91 Å². The normalized spacial score (nSPS) is 13.9. The summed E-state index contributed by atoms with van der Waals surface area (Å²) in [6.07, 6.45) is 2.57. The number of amides is 1. The molecule has 2 aromatic heterocycles. The zero-order valence-electron chi connectivity index (χ0n) is 12.8. The number of aromatic amines is 1. The lowest BCUT2D eigenvalue weighted by molar-refractivity contribution is 0.0957. The van der Waals surface area contributed by atoms with Crippen LogP contribution in [0.2, 0.25) is 0 Å². The lowest BCUT2D eigenvalue weighted by Crippen LogP contribution is -2.23. The molecule has 2 aromatic carbocycles. The van der Waals surface area contributed by atoms with Crippen LogP contribution >= 0.6 is 0 Å². The molecule has 4 aromatic rings. The molecule has 1 aliphatic heterocycles. The third-order valence-corrected chi connectivity index (χ3v) is 4.54. The second-order valence-electron chi connectivity index (χ2n) is 5.96. The molecule has 5 nitrogen and oxygen atoms in total. The fourth-order valence-corrected chi connectivity index (χ4v) is 3.45. The monoisotopic (exact) mass is 314 g/mol. The molecule has 3 heterocycles. The fourth-order valence-electron chi connectivity index (χ4n) is 3.45. The van der Waals surface area contributed by atoms with Crippen molar-refractivity contribution < 1.29 is 4.79 Å². The molecule has 0 saturated carbocycles. The third-order valence-electron chi connectivity index (χ3n) is 4.54. The first kappa shape index (κ1) is 13.2. The zero-order chi connectivity index (χ0) is 16.1. The van der Waals surface area contributed by atoms with Crippen molar-refractivity contribution in [2.24, 2.45) is 0 Å². The first-order valence-electron chi connectivity index (χ1n) is 7.95. The van der Waals surface area contributed by atoms with E-state index in [2.05, 4.69) is 15.3 Å². The molecule has 0 aliphatic carbocycles. The second kappa shape index (κ2) is 4.89. The summed E-state index contributed by atoms with van der Waals surface area (Å²) >= 11 is 0. The van der Waals surface area contributed by atoms with Gasteiger partial charge in [0.15, 0.2) is 0 Å². The molecular formula is C19H14N4O. The van der Waals surface area contributed by atoms with Crippen molar-refractivity contribution in [3.8, 4) is 11.4 Å². The first-order chi connectivity index (χ1) is 11.8. The standard InChI is InChI=1S/C19H14N4O/c24-19-12-4-3-7-15-17(12)11(8-9-20-19)18(23-15)16-10-21-13-5-1-2-6-14(13)22-16/h1-7,10,23H,8-9H2,(H,20,24). The Hall–Kier alpha value is -3.21. The van der Waals surface area contributed by atoms with Gasteiger partial charge in [0, 0.05) is 23.0 Å². The van der Waals surface area contributed by atoms with Gasteiger partial charge >= 0.3 is 0 Å². The Morgan fingerprint density at radius 3 is 2.79 bits per heavy atom. The number of hydrogen-bond acceptors (Lipinski definition) is 3. The van der Waals surface area contributed by atoms with Crippen molar-refractivity contribution in [1.29, 1.82) is 0 Å². The average Bonchev–Trinajstić information content (AvgIpc) is 2.91. The number of nitrogens with zero attached hydrogens (tertiary/aromatic N) is 2. The SMILES string of the molecule is O=C1NCCc2c(-c3cnc4ccccc4n3)[nH]c3cccc1c23. The van der Waals surface area contributed by atoms with Gasteiger partial charge in [0.1, 0.15) is 5.69 Å². The van der Waals surface area contributed by atoms with E-state index in [0.717, 1.165) is 50.9 Å². The summed E-state index contributed by atoms with van der Waals surface area (Å²) in [5.41, 5.74) is 6.31. The van der Waals surface area contributed by atoms with Crippen LogP contribution in [0.25, 0.3) is 33.3 Å². The number of hydrogen-bond donors (Lipinski definition) is 2. The highest BCUT2D eigenvalue weighted by Gasteiger charge is 2.22. The van der Waals surface area contributed by atoms with Gasteiger partial charge in [-0.15, -0.1) is 0 Å². The number of benzene rings is 2. The number of rotatable bonds is 1. The molecule has 0 saturated heterocycles. The van der Waals surface area contributed by atoms with E-state index in [1.165, 1.54) is 0 Å². The molecule has 24 heavy (non-hydrogen) atoms. The van der Waals surface area contributed by atoms with Gasteiger partial charge in [-0.1, -0.05) is 18.2 Å². The topological polar surface area (TPSA) is 70.7 Å². The fraction of sp³-hybridized carbons (Fsp3) is 0.105. The van der Waals surface area contributed by atoms with Gasteiger partial charge in [0.2, 0.25) is 0 Å². The van der Waals surface area contributed by atoms with Gasteiger partial charge in [0.25, 0.3) is 5.91 Å². The summed E-state index contributed by atoms with van der Waals surface area (Å²) in [6.45, 7) is 0.620. The highest BCUT2D eigenvalue weighted by Crippen LogP contribution is 2.33. The van der Waals surface area contributed by atoms with Crippen molar-refractivity contribution in [3.63, 3.8) is 0 Å². The maximum absolute atomic E-state index is 12.3. The van der Waals surface area contributed by atoms with Gasteiger partial charge in [-0.2, -0.15) is 0 Å². The Bertz CT molecular complexity index is 1110. The predicted octanol–water partition coefficient (Wildman–Crippen LogP) is 3.06. The molecule has 0 spiro atoms. The number of H-pyrrole nitrogens is 1.